The molecule has 0 spiro atoms. The Kier molecular flexibility index (Phi) is 7.17. The molecule has 0 atom stereocenters. The number of thiazole rings is 1. The van der Waals surface area contributed by atoms with Gasteiger partial charge in [0, 0.05) is 36.3 Å². The second-order valence-electron chi connectivity index (χ2n) is 8.82. The van der Waals surface area contributed by atoms with E-state index in [1.165, 1.54) is 16.2 Å². The van der Waals surface area contributed by atoms with E-state index in [4.69, 9.17) is 20.3 Å². The number of amides is 2. The van der Waals surface area contributed by atoms with Gasteiger partial charge in [-0.2, -0.15) is 0 Å². The normalized spacial score (nSPS) is 14.0. The van der Waals surface area contributed by atoms with Crippen molar-refractivity contribution in [3.63, 3.8) is 0 Å². The molecule has 39 heavy (non-hydrogen) atoms. The molecule has 4 heterocycles. The number of carbonyl (C=O) groups is 3. The third-order valence-corrected chi connectivity index (χ3v) is 7.28. The van der Waals surface area contributed by atoms with E-state index >= 15 is 0 Å². The maximum atomic E-state index is 12.2. The van der Waals surface area contributed by atoms with Crippen molar-refractivity contribution in [3.05, 3.63) is 54.7 Å². The predicted octanol–water partition coefficient (Wildman–Crippen LogP) is 3.35. The smallest absolute Gasteiger partial charge is 0.321 e. The first kappa shape index (κ1) is 26.1. The van der Waals surface area contributed by atoms with Crippen LogP contribution in [-0.4, -0.2) is 62.8 Å². The molecule has 4 aromatic rings. The molecule has 2 amide bonds. The number of fused-ring (bicyclic) bond motifs is 1. The zero-order valence-corrected chi connectivity index (χ0v) is 21.7. The van der Waals surface area contributed by atoms with Gasteiger partial charge in [0.05, 0.1) is 42.0 Å². The zero-order valence-electron chi connectivity index (χ0n) is 20.9. The Labute approximate surface area is 226 Å². The molecule has 1 aromatic carbocycles. The van der Waals surface area contributed by atoms with Crippen LogP contribution in [0.15, 0.2) is 48.9 Å². The summed E-state index contributed by atoms with van der Waals surface area (Å²) in [6, 6.07) is 8.86. The van der Waals surface area contributed by atoms with Crippen LogP contribution in [0.5, 0.6) is 0 Å². The number of carboxylic acids is 1. The summed E-state index contributed by atoms with van der Waals surface area (Å²) in [6.45, 7) is 2.36. The molecule has 12 nitrogen and oxygen atoms in total. The molecule has 0 saturated carbocycles. The molecule has 0 aliphatic carbocycles. The van der Waals surface area contributed by atoms with Gasteiger partial charge in [-0.3, -0.25) is 19.5 Å². The average molecular weight is 549 g/mol. The fourth-order valence-electron chi connectivity index (χ4n) is 4.11. The van der Waals surface area contributed by atoms with E-state index in [1.54, 1.807) is 18.6 Å². The van der Waals surface area contributed by atoms with Gasteiger partial charge in [-0.1, -0.05) is 17.4 Å². The van der Waals surface area contributed by atoms with Crippen molar-refractivity contribution in [1.29, 1.82) is 0 Å². The lowest BCUT2D eigenvalue weighted by Crippen LogP contribution is -2.51. The van der Waals surface area contributed by atoms with Crippen molar-refractivity contribution in [2.75, 3.05) is 24.7 Å². The Morgan fingerprint density at radius 3 is 2.49 bits per heavy atom. The quantitative estimate of drug-likeness (QED) is 0.296. The molecular weight excluding hydrogens is 524 g/mol. The van der Waals surface area contributed by atoms with E-state index in [9.17, 15) is 14.4 Å². The van der Waals surface area contributed by atoms with Gasteiger partial charge >= 0.3 is 18.0 Å². The van der Waals surface area contributed by atoms with Crippen LogP contribution < -0.4 is 10.6 Å². The number of anilines is 1. The lowest BCUT2D eigenvalue weighted by Gasteiger charge is -2.38. The summed E-state index contributed by atoms with van der Waals surface area (Å²) >= 11 is 1.36. The number of aliphatic carboxylic acids is 1. The number of pyridine rings is 1. The van der Waals surface area contributed by atoms with Gasteiger partial charge in [0.15, 0.2) is 11.0 Å². The van der Waals surface area contributed by atoms with E-state index in [2.05, 4.69) is 19.9 Å². The van der Waals surface area contributed by atoms with Crippen molar-refractivity contribution in [3.8, 4) is 22.4 Å². The van der Waals surface area contributed by atoms with Crippen LogP contribution in [-0.2, 0) is 24.7 Å². The average Bonchev–Trinajstić information content (AvgIpc) is 3.33. The van der Waals surface area contributed by atoms with Gasteiger partial charge in [-0.25, -0.2) is 19.7 Å². The highest BCUT2D eigenvalue weighted by atomic mass is 32.1. The summed E-state index contributed by atoms with van der Waals surface area (Å²) in [4.78, 5) is 54.4. The maximum Gasteiger partial charge on any atom is 0.321 e. The van der Waals surface area contributed by atoms with Crippen LogP contribution in [0.25, 0.3) is 32.6 Å². The number of hydrogen-bond acceptors (Lipinski definition) is 10. The third-order valence-electron chi connectivity index (χ3n) is 6.15. The first-order chi connectivity index (χ1) is 18.8. The van der Waals surface area contributed by atoms with Crippen LogP contribution in [0.1, 0.15) is 25.6 Å². The summed E-state index contributed by atoms with van der Waals surface area (Å²) in [5.74, 6) is -1.48. The third kappa shape index (κ3) is 5.26. The summed E-state index contributed by atoms with van der Waals surface area (Å²) in [5.41, 5.74) is 8.08. The number of urea groups is 1. The standard InChI is InChI=1S/C26H24N6O6S/c1-2-32(24(27)36)25-31-19-10-15(9-17(22(19)39-25)18-5-3-4-8-28-18)16-11-29-23(30-12-16)26(13-37-14-26)38-21(35)7-6-20(33)34/h3-5,8-12H,2,6-7,13-14H2,1H3,(H2,27,36)(H,33,34). The first-order valence-corrected chi connectivity index (χ1v) is 12.9. The molecule has 0 unspecified atom stereocenters. The second kappa shape index (κ2) is 10.7. The fraction of sp³-hybridized carbons (Fsp3) is 0.269. The van der Waals surface area contributed by atoms with Crippen LogP contribution in [0.3, 0.4) is 0 Å². The number of ether oxygens (including phenoxy) is 2. The second-order valence-corrected chi connectivity index (χ2v) is 9.79. The van der Waals surface area contributed by atoms with Crippen molar-refractivity contribution in [1.82, 2.24) is 19.9 Å². The van der Waals surface area contributed by atoms with Crippen LogP contribution in [0.2, 0.25) is 0 Å². The van der Waals surface area contributed by atoms with E-state index in [0.29, 0.717) is 22.8 Å². The molecule has 1 aliphatic heterocycles. The molecule has 1 fully saturated rings. The van der Waals surface area contributed by atoms with Gasteiger partial charge in [0.1, 0.15) is 0 Å². The largest absolute Gasteiger partial charge is 0.481 e. The molecule has 3 aromatic heterocycles. The number of carbonyl (C=O) groups excluding carboxylic acids is 2. The summed E-state index contributed by atoms with van der Waals surface area (Å²) in [7, 11) is 0. The number of nitrogens with zero attached hydrogens (tertiary/aromatic N) is 5. The Morgan fingerprint density at radius 1 is 1.13 bits per heavy atom. The number of benzene rings is 1. The molecule has 200 valence electrons. The molecule has 0 radical (unpaired) electrons. The predicted molar refractivity (Wildman–Crippen MR) is 142 cm³/mol. The minimum Gasteiger partial charge on any atom is -0.481 e. The molecule has 0 bridgehead atoms. The molecule has 13 heteroatoms. The summed E-state index contributed by atoms with van der Waals surface area (Å²) < 4.78 is 11.7. The molecular formula is C26H24N6O6S. The van der Waals surface area contributed by atoms with Crippen LogP contribution in [0.4, 0.5) is 9.93 Å². The van der Waals surface area contributed by atoms with Crippen molar-refractivity contribution >= 4 is 44.7 Å². The van der Waals surface area contributed by atoms with Crippen molar-refractivity contribution in [2.45, 2.75) is 25.4 Å². The van der Waals surface area contributed by atoms with E-state index in [1.807, 2.05) is 37.3 Å². The highest BCUT2D eigenvalue weighted by molar-refractivity contribution is 7.23. The minimum atomic E-state index is -1.15. The lowest BCUT2D eigenvalue weighted by atomic mass is 9.99. The molecule has 3 N–H and O–H groups in total. The summed E-state index contributed by atoms with van der Waals surface area (Å²) in [5, 5.41) is 9.31. The molecule has 1 saturated heterocycles. The van der Waals surface area contributed by atoms with Gasteiger partial charge in [0.2, 0.25) is 5.60 Å². The maximum absolute atomic E-state index is 12.2. The Balaban J connectivity index is 1.51. The minimum absolute atomic E-state index is 0.0797. The zero-order chi connectivity index (χ0) is 27.6. The topological polar surface area (TPSA) is 171 Å². The SMILES string of the molecule is CCN(C(N)=O)c1nc2cc(-c3cnc(C4(OC(=O)CCC(=O)O)COC4)nc3)cc(-c3ccccn3)c2s1. The highest BCUT2D eigenvalue weighted by Crippen LogP contribution is 2.39. The number of rotatable bonds is 9. The first-order valence-electron chi connectivity index (χ1n) is 12.1. The monoisotopic (exact) mass is 548 g/mol. The van der Waals surface area contributed by atoms with Gasteiger partial charge in [-0.15, -0.1) is 0 Å². The van der Waals surface area contributed by atoms with Crippen molar-refractivity contribution < 1.29 is 29.0 Å². The lowest BCUT2D eigenvalue weighted by molar-refractivity contribution is -0.221. The molecule has 5 rings (SSSR count). The fourth-order valence-corrected chi connectivity index (χ4v) is 5.25. The van der Waals surface area contributed by atoms with E-state index < -0.39 is 23.6 Å². The van der Waals surface area contributed by atoms with E-state index in [-0.39, 0.29) is 31.9 Å². The van der Waals surface area contributed by atoms with Crippen molar-refractivity contribution in [2.24, 2.45) is 5.73 Å². The Bertz CT molecular complexity index is 1540. The van der Waals surface area contributed by atoms with E-state index in [0.717, 1.165) is 21.5 Å². The Morgan fingerprint density at radius 2 is 1.90 bits per heavy atom. The number of primary amides is 1. The van der Waals surface area contributed by atoms with Gasteiger partial charge in [-0.05, 0) is 36.8 Å². The summed E-state index contributed by atoms with van der Waals surface area (Å²) in [6.07, 6.45) is 4.35. The van der Waals surface area contributed by atoms with Crippen LogP contribution in [0, 0.1) is 0 Å². The number of carboxylic acid groups (broad SMARTS) is 1. The van der Waals surface area contributed by atoms with Gasteiger partial charge < -0.3 is 20.3 Å². The Hall–Kier alpha value is -4.49. The van der Waals surface area contributed by atoms with Crippen LogP contribution >= 0.6 is 11.3 Å². The number of esters is 1. The number of hydrogen-bond donors (Lipinski definition) is 2. The van der Waals surface area contributed by atoms with Gasteiger partial charge in [0.25, 0.3) is 0 Å². The number of aromatic nitrogens is 4. The molecule has 1 aliphatic rings. The number of nitrogens with two attached hydrogens (primary N) is 1. The highest BCUT2D eigenvalue weighted by Gasteiger charge is 2.47.